The van der Waals surface area contributed by atoms with E-state index in [9.17, 15) is 9.18 Å². The lowest BCUT2D eigenvalue weighted by molar-refractivity contribution is 0.0977. The maximum Gasteiger partial charge on any atom is 0.257 e. The Kier molecular flexibility index (Phi) is 6.57. The average Bonchev–Trinajstić information content (AvgIpc) is 2.72. The van der Waals surface area contributed by atoms with Crippen molar-refractivity contribution in [2.75, 3.05) is 5.32 Å². The molecule has 0 aliphatic carbocycles. The molecule has 3 rings (SSSR count). The summed E-state index contributed by atoms with van der Waals surface area (Å²) in [6.45, 7) is 6.70. The molecule has 0 aliphatic heterocycles. The summed E-state index contributed by atoms with van der Waals surface area (Å²) >= 11 is 0. The van der Waals surface area contributed by atoms with Crippen molar-refractivity contribution in [2.45, 2.75) is 32.7 Å². The molecule has 154 valence electrons. The molecule has 3 aromatic rings. The molecule has 0 radical (unpaired) electrons. The second-order valence-electron chi connectivity index (χ2n) is 7.94. The zero-order chi connectivity index (χ0) is 21.6. The fraction of sp³-hybridized carbons (Fsp3) is 0.208. The van der Waals surface area contributed by atoms with E-state index >= 15 is 0 Å². The molecule has 2 N–H and O–H groups in total. The molecule has 0 spiro atoms. The van der Waals surface area contributed by atoms with E-state index in [0.717, 1.165) is 11.1 Å². The van der Waals surface area contributed by atoms with Gasteiger partial charge in [0.05, 0.1) is 6.54 Å². The van der Waals surface area contributed by atoms with Crippen LogP contribution in [0.2, 0.25) is 0 Å². The first-order chi connectivity index (χ1) is 14.3. The monoisotopic (exact) mass is 404 g/mol. The highest BCUT2D eigenvalue weighted by Crippen LogP contribution is 2.22. The summed E-state index contributed by atoms with van der Waals surface area (Å²) in [5, 5.41) is 5.78. The van der Waals surface area contributed by atoms with Crippen LogP contribution in [0.1, 0.15) is 42.3 Å². The van der Waals surface area contributed by atoms with Gasteiger partial charge in [-0.3, -0.25) is 15.1 Å². The summed E-state index contributed by atoms with van der Waals surface area (Å²) in [5.74, 6) is -0.437. The van der Waals surface area contributed by atoms with Gasteiger partial charge in [-0.2, -0.15) is 0 Å². The van der Waals surface area contributed by atoms with E-state index in [2.05, 4.69) is 41.4 Å². The molecule has 1 aromatic heterocycles. The highest BCUT2D eigenvalue weighted by atomic mass is 19.1. The first-order valence-electron chi connectivity index (χ1n) is 9.69. The van der Waals surface area contributed by atoms with Gasteiger partial charge in [0, 0.05) is 23.6 Å². The molecular formula is C24H25FN4O. The summed E-state index contributed by atoms with van der Waals surface area (Å²) in [7, 11) is 0. The van der Waals surface area contributed by atoms with Crippen LogP contribution in [0.15, 0.2) is 78.0 Å². The number of guanidine groups is 1. The van der Waals surface area contributed by atoms with Crippen molar-refractivity contribution in [3.63, 3.8) is 0 Å². The van der Waals surface area contributed by atoms with Gasteiger partial charge in [0.25, 0.3) is 5.91 Å². The maximum atomic E-state index is 13.6. The fourth-order valence-electron chi connectivity index (χ4n) is 2.77. The number of nitrogens with one attached hydrogen (secondary N) is 2. The van der Waals surface area contributed by atoms with Crippen molar-refractivity contribution in [3.05, 3.63) is 95.6 Å². The lowest BCUT2D eigenvalue weighted by atomic mass is 9.87. The van der Waals surface area contributed by atoms with Crippen molar-refractivity contribution >= 4 is 17.6 Å². The maximum absolute atomic E-state index is 13.6. The Hall–Kier alpha value is -3.54. The number of pyridine rings is 1. The molecule has 30 heavy (non-hydrogen) atoms. The van der Waals surface area contributed by atoms with Gasteiger partial charge in [-0.15, -0.1) is 0 Å². The molecular weight excluding hydrogens is 379 g/mol. The number of hydrogen-bond donors (Lipinski definition) is 2. The van der Waals surface area contributed by atoms with E-state index in [1.54, 1.807) is 36.7 Å². The van der Waals surface area contributed by atoms with E-state index in [1.807, 2.05) is 24.3 Å². The summed E-state index contributed by atoms with van der Waals surface area (Å²) < 4.78 is 13.6. The van der Waals surface area contributed by atoms with E-state index in [-0.39, 0.29) is 23.1 Å². The molecule has 1 amide bonds. The number of amides is 1. The Balaban J connectivity index is 1.79. The van der Waals surface area contributed by atoms with Crippen LogP contribution in [0.3, 0.4) is 0 Å². The lowest BCUT2D eigenvalue weighted by Crippen LogP contribution is -2.36. The normalized spacial score (nSPS) is 11.8. The van der Waals surface area contributed by atoms with Gasteiger partial charge in [-0.1, -0.05) is 39.0 Å². The van der Waals surface area contributed by atoms with Gasteiger partial charge >= 0.3 is 0 Å². The Morgan fingerprint density at radius 3 is 2.37 bits per heavy atom. The highest BCUT2D eigenvalue weighted by Gasteiger charge is 2.15. The van der Waals surface area contributed by atoms with Gasteiger partial charge in [0.15, 0.2) is 0 Å². The molecule has 6 heteroatoms. The van der Waals surface area contributed by atoms with Crippen LogP contribution in [0, 0.1) is 5.82 Å². The number of aromatic nitrogens is 1. The lowest BCUT2D eigenvalue weighted by Gasteiger charge is -2.19. The predicted octanol–water partition coefficient (Wildman–Crippen LogP) is 4.92. The van der Waals surface area contributed by atoms with Crippen molar-refractivity contribution in [2.24, 2.45) is 4.99 Å². The minimum absolute atomic E-state index is 0.00506. The van der Waals surface area contributed by atoms with E-state index in [0.29, 0.717) is 17.8 Å². The Bertz CT molecular complexity index is 1030. The zero-order valence-corrected chi connectivity index (χ0v) is 17.3. The van der Waals surface area contributed by atoms with Crippen LogP contribution in [0.4, 0.5) is 10.1 Å². The Morgan fingerprint density at radius 2 is 1.73 bits per heavy atom. The van der Waals surface area contributed by atoms with Crippen molar-refractivity contribution in [1.82, 2.24) is 10.3 Å². The fourth-order valence-corrected chi connectivity index (χ4v) is 2.77. The smallest absolute Gasteiger partial charge is 0.257 e. The Morgan fingerprint density at radius 1 is 1.03 bits per heavy atom. The van der Waals surface area contributed by atoms with Crippen molar-refractivity contribution in [3.8, 4) is 0 Å². The first kappa shape index (κ1) is 21.2. The van der Waals surface area contributed by atoms with Gasteiger partial charge in [0.1, 0.15) is 5.82 Å². The Labute approximate surface area is 176 Å². The number of benzene rings is 2. The largest absolute Gasteiger partial charge is 0.326 e. The van der Waals surface area contributed by atoms with Gasteiger partial charge in [0.2, 0.25) is 5.96 Å². The van der Waals surface area contributed by atoms with E-state index in [1.165, 1.54) is 12.1 Å². The number of hydrogen-bond acceptors (Lipinski definition) is 3. The summed E-state index contributed by atoms with van der Waals surface area (Å²) in [6, 6.07) is 17.1. The molecule has 2 aromatic carbocycles. The molecule has 0 fully saturated rings. The zero-order valence-electron chi connectivity index (χ0n) is 17.3. The first-order valence-corrected chi connectivity index (χ1v) is 9.69. The van der Waals surface area contributed by atoms with Gasteiger partial charge < -0.3 is 5.32 Å². The minimum atomic E-state index is -0.377. The highest BCUT2D eigenvalue weighted by molar-refractivity contribution is 6.09. The molecule has 0 atom stereocenters. The number of rotatable bonds is 4. The standard InChI is InChI=1S/C24H25FN4O/c1-24(2,3)19-9-7-18(8-10-19)22(30)29-23(27-16-17-11-13-26-14-12-17)28-21-6-4-5-20(25)15-21/h4-15H,16H2,1-3H3,(H2,27,28,29,30). The molecule has 0 saturated carbocycles. The number of nitrogens with zero attached hydrogens (tertiary/aromatic N) is 2. The summed E-state index contributed by atoms with van der Waals surface area (Å²) in [6.07, 6.45) is 3.36. The van der Waals surface area contributed by atoms with Crippen LogP contribution in [0.25, 0.3) is 0 Å². The second-order valence-corrected chi connectivity index (χ2v) is 7.94. The minimum Gasteiger partial charge on any atom is -0.326 e. The summed E-state index contributed by atoms with van der Waals surface area (Å²) in [5.41, 5.74) is 3.09. The number of aliphatic imine (C=N–C) groups is 1. The third-order valence-corrected chi connectivity index (χ3v) is 4.50. The number of carbonyl (C=O) groups is 1. The van der Waals surface area contributed by atoms with E-state index in [4.69, 9.17) is 0 Å². The van der Waals surface area contributed by atoms with Crippen molar-refractivity contribution < 1.29 is 9.18 Å². The molecule has 0 bridgehead atoms. The number of carbonyl (C=O) groups excluding carboxylic acids is 1. The topological polar surface area (TPSA) is 66.4 Å². The third kappa shape index (κ3) is 5.98. The number of halogens is 1. The molecule has 0 saturated heterocycles. The van der Waals surface area contributed by atoms with Gasteiger partial charge in [-0.25, -0.2) is 9.38 Å². The second kappa shape index (κ2) is 9.31. The van der Waals surface area contributed by atoms with Gasteiger partial charge in [-0.05, 0) is 59.0 Å². The predicted molar refractivity (Wildman–Crippen MR) is 118 cm³/mol. The van der Waals surface area contributed by atoms with Crippen LogP contribution in [-0.4, -0.2) is 16.9 Å². The average molecular weight is 404 g/mol. The quantitative estimate of drug-likeness (QED) is 0.479. The number of anilines is 1. The van der Waals surface area contributed by atoms with E-state index < -0.39 is 0 Å². The molecule has 1 heterocycles. The summed E-state index contributed by atoms with van der Waals surface area (Å²) in [4.78, 5) is 21.2. The van der Waals surface area contributed by atoms with Crippen LogP contribution in [0.5, 0.6) is 0 Å². The van der Waals surface area contributed by atoms with Crippen LogP contribution < -0.4 is 10.6 Å². The third-order valence-electron chi connectivity index (χ3n) is 4.50. The molecule has 5 nitrogen and oxygen atoms in total. The molecule has 0 aliphatic rings. The van der Waals surface area contributed by atoms with Crippen LogP contribution >= 0.6 is 0 Å². The van der Waals surface area contributed by atoms with Crippen molar-refractivity contribution in [1.29, 1.82) is 0 Å². The SMILES string of the molecule is CC(C)(C)c1ccc(C(=O)NC(=NCc2ccncc2)Nc2cccc(F)c2)cc1. The molecule has 0 unspecified atom stereocenters. The van der Waals surface area contributed by atoms with Crippen LogP contribution in [-0.2, 0) is 12.0 Å².